The topological polar surface area (TPSA) is 21.3 Å². The van der Waals surface area contributed by atoms with Crippen molar-refractivity contribution in [3.05, 3.63) is 29.3 Å². The highest BCUT2D eigenvalue weighted by molar-refractivity contribution is 5.40. The molecule has 2 rings (SSSR count). The van der Waals surface area contributed by atoms with E-state index in [1.165, 1.54) is 56.1 Å². The number of hydrogen-bond acceptors (Lipinski definition) is 2. The van der Waals surface area contributed by atoms with Gasteiger partial charge in [-0.05, 0) is 30.2 Å². The number of benzene rings is 1. The smallest absolute Gasteiger partial charge is 0.122 e. The minimum absolute atomic E-state index is 0.507. The molecule has 1 aromatic rings. The number of rotatable bonds is 10. The van der Waals surface area contributed by atoms with E-state index in [9.17, 15) is 0 Å². The summed E-state index contributed by atoms with van der Waals surface area (Å²) in [6.07, 6.45) is 10.5. The fourth-order valence-electron chi connectivity index (χ4n) is 3.19. The van der Waals surface area contributed by atoms with Crippen molar-refractivity contribution in [2.24, 2.45) is 0 Å². The van der Waals surface area contributed by atoms with E-state index < -0.39 is 0 Å². The van der Waals surface area contributed by atoms with Gasteiger partial charge in [0.05, 0.1) is 6.61 Å². The van der Waals surface area contributed by atoms with Gasteiger partial charge in [-0.2, -0.15) is 0 Å². The van der Waals surface area contributed by atoms with E-state index in [0.717, 1.165) is 25.3 Å². The van der Waals surface area contributed by atoms with Crippen LogP contribution in [0.1, 0.15) is 76.0 Å². The van der Waals surface area contributed by atoms with E-state index >= 15 is 0 Å². The van der Waals surface area contributed by atoms with Gasteiger partial charge in [-0.3, -0.25) is 0 Å². The monoisotopic (exact) mass is 289 g/mol. The second-order valence-corrected chi connectivity index (χ2v) is 6.13. The summed E-state index contributed by atoms with van der Waals surface area (Å²) in [5, 5.41) is 3.65. The second-order valence-electron chi connectivity index (χ2n) is 6.13. The number of fused-ring (bicyclic) bond motifs is 1. The summed E-state index contributed by atoms with van der Waals surface area (Å²) in [5.41, 5.74) is 2.83. The van der Waals surface area contributed by atoms with Crippen LogP contribution < -0.4 is 10.1 Å². The Morgan fingerprint density at radius 1 is 1.10 bits per heavy atom. The van der Waals surface area contributed by atoms with E-state index in [2.05, 4.69) is 37.4 Å². The van der Waals surface area contributed by atoms with Crippen molar-refractivity contribution in [1.29, 1.82) is 0 Å². The quantitative estimate of drug-likeness (QED) is 0.610. The van der Waals surface area contributed by atoms with E-state index in [4.69, 9.17) is 4.74 Å². The number of unbranched alkanes of at least 4 members (excludes halogenated alkanes) is 5. The van der Waals surface area contributed by atoms with Crippen LogP contribution in [0.3, 0.4) is 0 Å². The van der Waals surface area contributed by atoms with E-state index in [-0.39, 0.29) is 0 Å². The molecule has 0 aliphatic carbocycles. The molecular formula is C19H31NO. The van der Waals surface area contributed by atoms with Gasteiger partial charge in [0.25, 0.3) is 0 Å². The first-order valence-corrected chi connectivity index (χ1v) is 8.84. The summed E-state index contributed by atoms with van der Waals surface area (Å²) in [7, 11) is 0. The number of ether oxygens (including phenoxy) is 1. The molecule has 0 aromatic heterocycles. The van der Waals surface area contributed by atoms with Gasteiger partial charge in [0.15, 0.2) is 0 Å². The predicted octanol–water partition coefficient (Wildman–Crippen LogP) is 5.02. The summed E-state index contributed by atoms with van der Waals surface area (Å²) in [6.45, 7) is 6.36. The van der Waals surface area contributed by atoms with Crippen LogP contribution in [0.4, 0.5) is 0 Å². The molecule has 2 heteroatoms. The van der Waals surface area contributed by atoms with Crippen molar-refractivity contribution in [3.63, 3.8) is 0 Å². The molecule has 0 spiro atoms. The van der Waals surface area contributed by atoms with E-state index in [1.807, 2.05) is 0 Å². The van der Waals surface area contributed by atoms with E-state index in [1.54, 1.807) is 0 Å². The van der Waals surface area contributed by atoms with E-state index in [0.29, 0.717) is 6.04 Å². The van der Waals surface area contributed by atoms with Gasteiger partial charge in [-0.25, -0.2) is 0 Å². The molecule has 0 saturated heterocycles. The lowest BCUT2D eigenvalue weighted by Gasteiger charge is -2.19. The van der Waals surface area contributed by atoms with Gasteiger partial charge in [0.2, 0.25) is 0 Å². The fraction of sp³-hybridized carbons (Fsp3) is 0.684. The van der Waals surface area contributed by atoms with Crippen LogP contribution >= 0.6 is 0 Å². The molecule has 118 valence electrons. The predicted molar refractivity (Wildman–Crippen MR) is 90.1 cm³/mol. The van der Waals surface area contributed by atoms with Crippen molar-refractivity contribution < 1.29 is 4.74 Å². The van der Waals surface area contributed by atoms with Crippen molar-refractivity contribution >= 4 is 0 Å². The lowest BCUT2D eigenvalue weighted by atomic mass is 9.97. The van der Waals surface area contributed by atoms with Crippen molar-refractivity contribution in [1.82, 2.24) is 5.32 Å². The lowest BCUT2D eigenvalue weighted by Crippen LogP contribution is -2.21. The second kappa shape index (κ2) is 9.09. The molecule has 21 heavy (non-hydrogen) atoms. The zero-order valence-corrected chi connectivity index (χ0v) is 13.8. The first kappa shape index (κ1) is 16.4. The SMILES string of the molecule is CCCCCCCCC(NCC)c1ccc2c(c1)CCO2. The molecule has 0 bridgehead atoms. The molecule has 1 aromatic carbocycles. The van der Waals surface area contributed by atoms with Crippen LogP contribution in [0, 0.1) is 0 Å². The van der Waals surface area contributed by atoms with Crippen LogP contribution in [0.25, 0.3) is 0 Å². The van der Waals surface area contributed by atoms with Gasteiger partial charge in [0, 0.05) is 12.5 Å². The number of nitrogens with one attached hydrogen (secondary N) is 1. The highest BCUT2D eigenvalue weighted by Crippen LogP contribution is 2.29. The van der Waals surface area contributed by atoms with Gasteiger partial charge < -0.3 is 10.1 Å². The van der Waals surface area contributed by atoms with Gasteiger partial charge in [-0.15, -0.1) is 0 Å². The summed E-state index contributed by atoms with van der Waals surface area (Å²) in [6, 6.07) is 7.26. The Hall–Kier alpha value is -1.02. The number of hydrogen-bond donors (Lipinski definition) is 1. The minimum atomic E-state index is 0.507. The van der Waals surface area contributed by atoms with Crippen molar-refractivity contribution in [2.75, 3.05) is 13.2 Å². The Morgan fingerprint density at radius 3 is 2.71 bits per heavy atom. The highest BCUT2D eigenvalue weighted by atomic mass is 16.5. The standard InChI is InChI=1S/C19H31NO/c1-3-5-6-7-8-9-10-18(20-4-2)16-11-12-19-17(15-16)13-14-21-19/h11-12,15,18,20H,3-10,13-14H2,1-2H3. The molecule has 0 saturated carbocycles. The Labute approximate surface area is 130 Å². The zero-order valence-electron chi connectivity index (χ0n) is 13.8. The van der Waals surface area contributed by atoms with Crippen LogP contribution in [-0.4, -0.2) is 13.2 Å². The fourth-order valence-corrected chi connectivity index (χ4v) is 3.19. The Morgan fingerprint density at radius 2 is 1.90 bits per heavy atom. The third-order valence-corrected chi connectivity index (χ3v) is 4.41. The van der Waals surface area contributed by atoms with Crippen LogP contribution in [0.15, 0.2) is 18.2 Å². The first-order valence-electron chi connectivity index (χ1n) is 8.84. The molecule has 0 amide bonds. The van der Waals surface area contributed by atoms with Crippen molar-refractivity contribution in [3.8, 4) is 5.75 Å². The molecule has 2 nitrogen and oxygen atoms in total. The third-order valence-electron chi connectivity index (χ3n) is 4.41. The lowest BCUT2D eigenvalue weighted by molar-refractivity contribution is 0.356. The molecule has 1 aliphatic rings. The Balaban J connectivity index is 1.83. The van der Waals surface area contributed by atoms with Gasteiger partial charge >= 0.3 is 0 Å². The Kier molecular flexibility index (Phi) is 7.08. The molecule has 1 atom stereocenters. The molecule has 1 unspecified atom stereocenters. The maximum absolute atomic E-state index is 5.61. The average molecular weight is 289 g/mol. The summed E-state index contributed by atoms with van der Waals surface area (Å²) >= 11 is 0. The first-order chi connectivity index (χ1) is 10.3. The van der Waals surface area contributed by atoms with Gasteiger partial charge in [0.1, 0.15) is 5.75 Å². The molecule has 0 fully saturated rings. The maximum Gasteiger partial charge on any atom is 0.122 e. The highest BCUT2D eigenvalue weighted by Gasteiger charge is 2.16. The minimum Gasteiger partial charge on any atom is -0.493 e. The van der Waals surface area contributed by atoms with Crippen LogP contribution in [0.5, 0.6) is 5.75 Å². The average Bonchev–Trinajstić information content (AvgIpc) is 2.97. The zero-order chi connectivity index (χ0) is 14.9. The van der Waals surface area contributed by atoms with Crippen molar-refractivity contribution in [2.45, 2.75) is 71.3 Å². The largest absolute Gasteiger partial charge is 0.493 e. The Bertz CT molecular complexity index is 416. The molecule has 1 heterocycles. The van der Waals surface area contributed by atoms with Gasteiger partial charge in [-0.1, -0.05) is 64.5 Å². The normalized spacial score (nSPS) is 14.8. The summed E-state index contributed by atoms with van der Waals surface area (Å²) in [5.74, 6) is 1.09. The summed E-state index contributed by atoms with van der Waals surface area (Å²) < 4.78 is 5.61. The molecule has 1 aliphatic heterocycles. The maximum atomic E-state index is 5.61. The molecule has 0 radical (unpaired) electrons. The third kappa shape index (κ3) is 5.03. The van der Waals surface area contributed by atoms with Crippen LogP contribution in [0.2, 0.25) is 0 Å². The van der Waals surface area contributed by atoms with Crippen LogP contribution in [-0.2, 0) is 6.42 Å². The molecule has 1 N–H and O–H groups in total. The molecular weight excluding hydrogens is 258 g/mol. The summed E-state index contributed by atoms with van der Waals surface area (Å²) in [4.78, 5) is 0.